The lowest BCUT2D eigenvalue weighted by molar-refractivity contribution is -0.132. The van der Waals surface area contributed by atoms with Crippen LogP contribution in [-0.4, -0.2) is 42.0 Å². The molecule has 1 amide bonds. The highest BCUT2D eigenvalue weighted by Gasteiger charge is 2.38. The fraction of sp³-hybridized carbons (Fsp3) is 0.524. The van der Waals surface area contributed by atoms with Crippen LogP contribution in [0.25, 0.3) is 11.3 Å². The number of hydrogen-bond acceptors (Lipinski definition) is 4. The van der Waals surface area contributed by atoms with E-state index in [-0.39, 0.29) is 30.7 Å². The second-order valence-electron chi connectivity index (χ2n) is 7.86. The van der Waals surface area contributed by atoms with Gasteiger partial charge in [0.1, 0.15) is 0 Å². The molecule has 0 bridgehead atoms. The number of amides is 1. The largest absolute Gasteiger partial charge is 0.342 e. The third kappa shape index (κ3) is 4.88. The van der Waals surface area contributed by atoms with E-state index in [1.165, 1.54) is 12.0 Å². The lowest BCUT2D eigenvalue weighted by atomic mass is 9.78. The molecule has 1 aromatic carbocycles. The SMILES string of the molecule is Cc1ccc(-c2nc(C)sc2CC(=O)N2CCC3(CCNC3)CC2)cc1.Cl.Cl. The molecule has 0 unspecified atom stereocenters. The summed E-state index contributed by atoms with van der Waals surface area (Å²) in [7, 11) is 0. The van der Waals surface area contributed by atoms with Gasteiger partial charge >= 0.3 is 0 Å². The average Bonchev–Trinajstić information content (AvgIpc) is 3.23. The highest BCUT2D eigenvalue weighted by Crippen LogP contribution is 2.37. The molecule has 154 valence electrons. The standard InChI is InChI=1S/C21H27N3OS.2ClH/c1-15-3-5-17(6-4-15)20-18(26-16(2)23-20)13-19(25)24-11-8-21(9-12-24)7-10-22-14-21;;/h3-6,22H,7-14H2,1-2H3;2*1H. The van der Waals surface area contributed by atoms with Gasteiger partial charge in [0, 0.05) is 30.1 Å². The van der Waals surface area contributed by atoms with Gasteiger partial charge in [0.05, 0.1) is 17.1 Å². The second kappa shape index (κ2) is 9.57. The predicted octanol–water partition coefficient (Wildman–Crippen LogP) is 4.42. The summed E-state index contributed by atoms with van der Waals surface area (Å²) in [6.07, 6.45) is 4.01. The monoisotopic (exact) mass is 441 g/mol. The Morgan fingerprint density at radius 3 is 2.43 bits per heavy atom. The van der Waals surface area contributed by atoms with E-state index in [1.807, 2.05) is 6.92 Å². The Hall–Kier alpha value is -1.14. The Kier molecular flexibility index (Phi) is 7.91. The summed E-state index contributed by atoms with van der Waals surface area (Å²) in [6, 6.07) is 8.43. The van der Waals surface area contributed by atoms with Gasteiger partial charge in [-0.25, -0.2) is 4.98 Å². The number of aryl methyl sites for hydroxylation is 2. The summed E-state index contributed by atoms with van der Waals surface area (Å²) in [4.78, 5) is 20.8. The third-order valence-electron chi connectivity index (χ3n) is 5.95. The molecule has 0 atom stereocenters. The molecule has 2 fully saturated rings. The van der Waals surface area contributed by atoms with Crippen LogP contribution in [0.1, 0.15) is 34.7 Å². The fourth-order valence-corrected chi connectivity index (χ4v) is 5.18. The molecule has 2 aromatic rings. The molecule has 28 heavy (non-hydrogen) atoms. The minimum atomic E-state index is 0. The molecule has 2 aliphatic rings. The van der Waals surface area contributed by atoms with Crippen molar-refractivity contribution >= 4 is 42.1 Å². The molecule has 1 N–H and O–H groups in total. The van der Waals surface area contributed by atoms with Gasteiger partial charge in [-0.15, -0.1) is 36.2 Å². The number of aromatic nitrogens is 1. The van der Waals surface area contributed by atoms with E-state index in [9.17, 15) is 4.79 Å². The number of carbonyl (C=O) groups is 1. The van der Waals surface area contributed by atoms with E-state index < -0.39 is 0 Å². The van der Waals surface area contributed by atoms with E-state index >= 15 is 0 Å². The summed E-state index contributed by atoms with van der Waals surface area (Å²) in [5, 5.41) is 4.51. The van der Waals surface area contributed by atoms with Gasteiger partial charge in [0.15, 0.2) is 0 Å². The molecule has 7 heteroatoms. The topological polar surface area (TPSA) is 45.2 Å². The Labute approximate surface area is 183 Å². The van der Waals surface area contributed by atoms with Crippen molar-refractivity contribution in [2.24, 2.45) is 5.41 Å². The van der Waals surface area contributed by atoms with Gasteiger partial charge in [-0.2, -0.15) is 0 Å². The van der Waals surface area contributed by atoms with Gasteiger partial charge in [0.2, 0.25) is 5.91 Å². The molecule has 0 aliphatic carbocycles. The minimum absolute atomic E-state index is 0. The number of carbonyl (C=O) groups excluding carboxylic acids is 1. The van der Waals surface area contributed by atoms with Crippen molar-refractivity contribution in [1.29, 1.82) is 0 Å². The Morgan fingerprint density at radius 2 is 1.82 bits per heavy atom. The quantitative estimate of drug-likeness (QED) is 0.766. The van der Waals surface area contributed by atoms with Crippen molar-refractivity contribution in [2.45, 2.75) is 39.5 Å². The Balaban J connectivity index is 0.00000140. The van der Waals surface area contributed by atoms with E-state index in [0.29, 0.717) is 11.8 Å². The zero-order valence-corrected chi connectivity index (χ0v) is 18.9. The van der Waals surface area contributed by atoms with Crippen molar-refractivity contribution in [3.63, 3.8) is 0 Å². The molecule has 3 heterocycles. The van der Waals surface area contributed by atoms with Crippen molar-refractivity contribution in [1.82, 2.24) is 15.2 Å². The van der Waals surface area contributed by atoms with E-state index in [4.69, 9.17) is 4.98 Å². The molecule has 0 saturated carbocycles. The van der Waals surface area contributed by atoms with Crippen LogP contribution >= 0.6 is 36.2 Å². The molecule has 4 rings (SSSR count). The first-order valence-corrected chi connectivity index (χ1v) is 10.4. The molecular weight excluding hydrogens is 413 g/mol. The van der Waals surface area contributed by atoms with Crippen LogP contribution in [-0.2, 0) is 11.2 Å². The average molecular weight is 442 g/mol. The van der Waals surface area contributed by atoms with Gasteiger partial charge in [-0.3, -0.25) is 4.79 Å². The van der Waals surface area contributed by atoms with Gasteiger partial charge in [-0.1, -0.05) is 29.8 Å². The lowest BCUT2D eigenvalue weighted by Gasteiger charge is -2.38. The maximum Gasteiger partial charge on any atom is 0.227 e. The van der Waals surface area contributed by atoms with Crippen LogP contribution in [0.5, 0.6) is 0 Å². The first-order valence-electron chi connectivity index (χ1n) is 9.57. The zero-order valence-electron chi connectivity index (χ0n) is 16.5. The van der Waals surface area contributed by atoms with Crippen LogP contribution in [0.3, 0.4) is 0 Å². The molecule has 2 saturated heterocycles. The summed E-state index contributed by atoms with van der Waals surface area (Å²) >= 11 is 1.66. The summed E-state index contributed by atoms with van der Waals surface area (Å²) in [6.45, 7) is 8.17. The predicted molar refractivity (Wildman–Crippen MR) is 121 cm³/mol. The van der Waals surface area contributed by atoms with E-state index in [0.717, 1.165) is 60.2 Å². The summed E-state index contributed by atoms with van der Waals surface area (Å²) < 4.78 is 0. The number of rotatable bonds is 3. The van der Waals surface area contributed by atoms with E-state index in [1.54, 1.807) is 11.3 Å². The molecule has 0 radical (unpaired) electrons. The van der Waals surface area contributed by atoms with Crippen LogP contribution in [0, 0.1) is 19.3 Å². The third-order valence-corrected chi connectivity index (χ3v) is 6.92. The number of nitrogens with one attached hydrogen (secondary N) is 1. The van der Waals surface area contributed by atoms with Crippen molar-refractivity contribution < 1.29 is 4.79 Å². The number of likely N-dealkylation sites (tertiary alicyclic amines) is 1. The van der Waals surface area contributed by atoms with Crippen LogP contribution < -0.4 is 5.32 Å². The van der Waals surface area contributed by atoms with Gasteiger partial charge in [0.25, 0.3) is 0 Å². The zero-order chi connectivity index (χ0) is 18.1. The molecule has 4 nitrogen and oxygen atoms in total. The fourth-order valence-electron chi connectivity index (χ4n) is 4.23. The number of hydrogen-bond donors (Lipinski definition) is 1. The number of nitrogens with zero attached hydrogens (tertiary/aromatic N) is 2. The van der Waals surface area contributed by atoms with Crippen LogP contribution in [0.2, 0.25) is 0 Å². The highest BCUT2D eigenvalue weighted by atomic mass is 35.5. The second-order valence-corrected chi connectivity index (χ2v) is 9.14. The number of halogens is 2. The van der Waals surface area contributed by atoms with Crippen molar-refractivity contribution in [2.75, 3.05) is 26.2 Å². The Bertz CT molecular complexity index is 790. The molecule has 1 spiro atoms. The van der Waals surface area contributed by atoms with Crippen molar-refractivity contribution in [3.8, 4) is 11.3 Å². The van der Waals surface area contributed by atoms with E-state index in [2.05, 4.69) is 41.4 Å². The first-order chi connectivity index (χ1) is 12.5. The lowest BCUT2D eigenvalue weighted by Crippen LogP contribution is -2.44. The van der Waals surface area contributed by atoms with Gasteiger partial charge in [-0.05, 0) is 45.1 Å². The number of piperidine rings is 1. The van der Waals surface area contributed by atoms with Crippen molar-refractivity contribution in [3.05, 3.63) is 39.7 Å². The molecule has 1 aromatic heterocycles. The Morgan fingerprint density at radius 1 is 1.14 bits per heavy atom. The molecular formula is C21H29Cl2N3OS. The van der Waals surface area contributed by atoms with Crippen LogP contribution in [0.4, 0.5) is 0 Å². The number of benzene rings is 1. The normalized spacial score (nSPS) is 17.9. The minimum Gasteiger partial charge on any atom is -0.342 e. The summed E-state index contributed by atoms with van der Waals surface area (Å²) in [5.41, 5.74) is 3.78. The number of thiazole rings is 1. The first kappa shape index (κ1) is 23.1. The molecule has 2 aliphatic heterocycles. The van der Waals surface area contributed by atoms with Crippen LogP contribution in [0.15, 0.2) is 24.3 Å². The summed E-state index contributed by atoms with van der Waals surface area (Å²) in [5.74, 6) is 0.253. The van der Waals surface area contributed by atoms with Gasteiger partial charge < -0.3 is 10.2 Å². The maximum atomic E-state index is 12.9. The highest BCUT2D eigenvalue weighted by molar-refractivity contribution is 7.12. The smallest absolute Gasteiger partial charge is 0.227 e. The maximum absolute atomic E-state index is 12.9.